The molecule has 1 fully saturated rings. The molecule has 0 aliphatic carbocycles. The Morgan fingerprint density at radius 3 is 2.58 bits per heavy atom. The first kappa shape index (κ1) is 9.21. The van der Waals surface area contributed by atoms with Gasteiger partial charge in [0.05, 0.1) is 5.75 Å². The van der Waals surface area contributed by atoms with Gasteiger partial charge in [0, 0.05) is 11.6 Å². The quantitative estimate of drug-likeness (QED) is 0.447. The lowest BCUT2D eigenvalue weighted by Gasteiger charge is -2.04. The lowest BCUT2D eigenvalue weighted by atomic mass is 10.2. The molecule has 0 aromatic heterocycles. The SMILES string of the molecule is C=C1CC(CS(=O)(=O)O)NC1=O. The van der Waals surface area contributed by atoms with Crippen molar-refractivity contribution < 1.29 is 17.8 Å². The van der Waals surface area contributed by atoms with E-state index in [9.17, 15) is 13.2 Å². The lowest BCUT2D eigenvalue weighted by Crippen LogP contribution is -2.31. The predicted octanol–water partition coefficient (Wildman–Crippen LogP) is -0.681. The molecule has 2 N–H and O–H groups in total. The van der Waals surface area contributed by atoms with Gasteiger partial charge in [-0.15, -0.1) is 0 Å². The second kappa shape index (κ2) is 2.87. The zero-order chi connectivity index (χ0) is 9.35. The van der Waals surface area contributed by atoms with E-state index in [1.807, 2.05) is 0 Å². The average molecular weight is 191 g/mol. The van der Waals surface area contributed by atoms with Crippen LogP contribution in [0.1, 0.15) is 6.42 Å². The Kier molecular flexibility index (Phi) is 2.20. The van der Waals surface area contributed by atoms with Gasteiger partial charge in [-0.3, -0.25) is 9.35 Å². The molecule has 1 saturated heterocycles. The molecule has 0 saturated carbocycles. The van der Waals surface area contributed by atoms with Crippen molar-refractivity contribution in [3.63, 3.8) is 0 Å². The van der Waals surface area contributed by atoms with Crippen molar-refractivity contribution in [3.8, 4) is 0 Å². The first-order valence-electron chi connectivity index (χ1n) is 3.32. The summed E-state index contributed by atoms with van der Waals surface area (Å²) < 4.78 is 29.2. The van der Waals surface area contributed by atoms with Crippen molar-refractivity contribution >= 4 is 16.0 Å². The third kappa shape index (κ3) is 2.31. The minimum absolute atomic E-state index is 0.276. The topological polar surface area (TPSA) is 83.5 Å². The Labute approximate surface area is 70.2 Å². The second-order valence-electron chi connectivity index (χ2n) is 2.73. The number of hydrogen-bond donors (Lipinski definition) is 2. The van der Waals surface area contributed by atoms with E-state index in [1.54, 1.807) is 0 Å². The number of nitrogens with one attached hydrogen (secondary N) is 1. The fraction of sp³-hybridized carbons (Fsp3) is 0.500. The Morgan fingerprint density at radius 1 is 1.67 bits per heavy atom. The third-order valence-corrected chi connectivity index (χ3v) is 2.38. The second-order valence-corrected chi connectivity index (χ2v) is 4.22. The summed E-state index contributed by atoms with van der Waals surface area (Å²) >= 11 is 0. The van der Waals surface area contributed by atoms with Crippen molar-refractivity contribution in [2.24, 2.45) is 0 Å². The van der Waals surface area contributed by atoms with Crippen LogP contribution in [0.3, 0.4) is 0 Å². The maximum Gasteiger partial charge on any atom is 0.266 e. The molecule has 1 atom stereocenters. The monoisotopic (exact) mass is 191 g/mol. The molecule has 1 heterocycles. The summed E-state index contributed by atoms with van der Waals surface area (Å²) in [6.07, 6.45) is 0.276. The van der Waals surface area contributed by atoms with E-state index in [0.29, 0.717) is 5.57 Å². The molecule has 0 bridgehead atoms. The van der Waals surface area contributed by atoms with Crippen LogP contribution in [-0.2, 0) is 14.9 Å². The highest BCUT2D eigenvalue weighted by Gasteiger charge is 2.27. The van der Waals surface area contributed by atoms with Crippen LogP contribution < -0.4 is 5.32 Å². The minimum Gasteiger partial charge on any atom is -0.348 e. The molecule has 1 unspecified atom stereocenters. The summed E-state index contributed by atoms with van der Waals surface area (Å²) in [5, 5.41) is 2.38. The molecule has 5 nitrogen and oxygen atoms in total. The normalized spacial score (nSPS) is 24.2. The molecule has 1 aliphatic heterocycles. The van der Waals surface area contributed by atoms with Gasteiger partial charge in [-0.25, -0.2) is 0 Å². The van der Waals surface area contributed by atoms with Gasteiger partial charge in [0.1, 0.15) is 0 Å². The van der Waals surface area contributed by atoms with Crippen molar-refractivity contribution in [1.29, 1.82) is 0 Å². The summed E-state index contributed by atoms with van der Waals surface area (Å²) in [5.74, 6) is -0.791. The van der Waals surface area contributed by atoms with E-state index >= 15 is 0 Å². The molecular weight excluding hydrogens is 182 g/mol. The summed E-state index contributed by atoms with van der Waals surface area (Å²) in [7, 11) is -4.01. The van der Waals surface area contributed by atoms with Crippen LogP contribution in [0, 0.1) is 0 Å². The summed E-state index contributed by atoms with van der Waals surface area (Å²) in [5.41, 5.74) is 0.351. The van der Waals surface area contributed by atoms with Crippen LogP contribution in [0.2, 0.25) is 0 Å². The Morgan fingerprint density at radius 2 is 2.25 bits per heavy atom. The molecule has 1 aliphatic rings. The van der Waals surface area contributed by atoms with Crippen molar-refractivity contribution in [3.05, 3.63) is 12.2 Å². The van der Waals surface area contributed by atoms with Gasteiger partial charge in [0.15, 0.2) is 0 Å². The van der Waals surface area contributed by atoms with E-state index in [1.165, 1.54) is 0 Å². The Bertz CT molecular complexity index is 302. The third-order valence-electron chi connectivity index (χ3n) is 1.56. The maximum absolute atomic E-state index is 10.8. The number of carbonyl (C=O) groups is 1. The molecule has 1 amide bonds. The van der Waals surface area contributed by atoms with E-state index < -0.39 is 21.9 Å². The van der Waals surface area contributed by atoms with Crippen LogP contribution >= 0.6 is 0 Å². The molecule has 6 heteroatoms. The largest absolute Gasteiger partial charge is 0.348 e. The molecule has 0 aromatic rings. The molecule has 0 spiro atoms. The summed E-state index contributed by atoms with van der Waals surface area (Å²) in [6, 6.07) is -0.528. The lowest BCUT2D eigenvalue weighted by molar-refractivity contribution is -0.116. The average Bonchev–Trinajstić information content (AvgIpc) is 2.07. The highest BCUT2D eigenvalue weighted by atomic mass is 32.2. The fourth-order valence-electron chi connectivity index (χ4n) is 1.08. The smallest absolute Gasteiger partial charge is 0.266 e. The predicted molar refractivity (Wildman–Crippen MR) is 42.1 cm³/mol. The molecular formula is C6H9NO4S. The first-order chi connectivity index (χ1) is 5.38. The summed E-state index contributed by atoms with van der Waals surface area (Å²) in [6.45, 7) is 3.43. The van der Waals surface area contributed by atoms with Crippen molar-refractivity contribution in [1.82, 2.24) is 5.32 Å². The van der Waals surface area contributed by atoms with Gasteiger partial charge < -0.3 is 5.32 Å². The van der Waals surface area contributed by atoms with Gasteiger partial charge in [0.2, 0.25) is 5.91 Å². The van der Waals surface area contributed by atoms with Crippen LogP contribution in [0.15, 0.2) is 12.2 Å². The Hall–Kier alpha value is -0.880. The highest BCUT2D eigenvalue weighted by molar-refractivity contribution is 7.85. The first-order valence-corrected chi connectivity index (χ1v) is 4.93. The fourth-order valence-corrected chi connectivity index (χ4v) is 1.79. The zero-order valence-corrected chi connectivity index (χ0v) is 7.10. The summed E-state index contributed by atoms with van der Waals surface area (Å²) in [4.78, 5) is 10.8. The van der Waals surface area contributed by atoms with Crippen LogP contribution in [-0.4, -0.2) is 30.7 Å². The van der Waals surface area contributed by atoms with E-state index in [4.69, 9.17) is 4.55 Å². The standard InChI is InChI=1S/C6H9NO4S/c1-4-2-5(7-6(4)8)3-12(9,10)11/h5H,1-3H2,(H,7,8)(H,9,10,11). The number of hydrogen-bond acceptors (Lipinski definition) is 3. The van der Waals surface area contributed by atoms with Gasteiger partial charge >= 0.3 is 0 Å². The van der Waals surface area contributed by atoms with Crippen LogP contribution in [0.4, 0.5) is 0 Å². The molecule has 68 valence electrons. The molecule has 12 heavy (non-hydrogen) atoms. The van der Waals surface area contributed by atoms with Gasteiger partial charge in [-0.2, -0.15) is 8.42 Å². The Balaban J connectivity index is 2.60. The molecule has 1 rings (SSSR count). The number of rotatable bonds is 2. The minimum atomic E-state index is -4.01. The van der Waals surface area contributed by atoms with Gasteiger partial charge in [-0.1, -0.05) is 6.58 Å². The van der Waals surface area contributed by atoms with Gasteiger partial charge in [-0.05, 0) is 6.42 Å². The van der Waals surface area contributed by atoms with Crippen molar-refractivity contribution in [2.75, 3.05) is 5.75 Å². The maximum atomic E-state index is 10.8. The van der Waals surface area contributed by atoms with Crippen LogP contribution in [0.25, 0.3) is 0 Å². The molecule has 0 aromatic carbocycles. The van der Waals surface area contributed by atoms with Gasteiger partial charge in [0.25, 0.3) is 10.1 Å². The van der Waals surface area contributed by atoms with E-state index in [2.05, 4.69) is 11.9 Å². The van der Waals surface area contributed by atoms with E-state index in [0.717, 1.165) is 0 Å². The number of amides is 1. The number of carbonyl (C=O) groups excluding carboxylic acids is 1. The highest BCUT2D eigenvalue weighted by Crippen LogP contribution is 2.12. The molecule has 0 radical (unpaired) electrons. The van der Waals surface area contributed by atoms with Crippen LogP contribution in [0.5, 0.6) is 0 Å². The van der Waals surface area contributed by atoms with Crippen molar-refractivity contribution in [2.45, 2.75) is 12.5 Å². The van der Waals surface area contributed by atoms with E-state index in [-0.39, 0.29) is 12.3 Å². The zero-order valence-electron chi connectivity index (χ0n) is 6.28.